The number of benzene rings is 3. The van der Waals surface area contributed by atoms with Crippen LogP contribution in [0.2, 0.25) is 0 Å². The van der Waals surface area contributed by atoms with Crippen molar-refractivity contribution in [3.05, 3.63) is 89.2 Å². The van der Waals surface area contributed by atoms with Crippen molar-refractivity contribution in [1.29, 1.82) is 0 Å². The molecule has 2 amide bonds. The highest BCUT2D eigenvalue weighted by Gasteiger charge is 2.35. The van der Waals surface area contributed by atoms with Crippen molar-refractivity contribution in [2.45, 2.75) is 12.3 Å². The van der Waals surface area contributed by atoms with E-state index in [9.17, 15) is 14.0 Å². The molecule has 1 aliphatic heterocycles. The molecular weight excluding hydrogens is 415 g/mol. The number of hydrogen-bond acceptors (Lipinski definition) is 4. The van der Waals surface area contributed by atoms with Crippen molar-refractivity contribution < 1.29 is 18.7 Å². The SMILES string of the molecule is COc1ccc(C)cc1N1C(=O)CS[C@@H]1c1cccc(NC(=O)c2ccc(F)cc2)c1. The Balaban J connectivity index is 1.62. The second-order valence-electron chi connectivity index (χ2n) is 7.19. The van der Waals surface area contributed by atoms with E-state index in [0.29, 0.717) is 22.8 Å². The first kappa shape index (κ1) is 20.9. The number of methoxy groups -OCH3 is 1. The van der Waals surface area contributed by atoms with E-state index in [1.54, 1.807) is 18.1 Å². The normalized spacial score (nSPS) is 15.8. The van der Waals surface area contributed by atoms with Gasteiger partial charge in [0.1, 0.15) is 16.9 Å². The predicted molar refractivity (Wildman–Crippen MR) is 121 cm³/mol. The quantitative estimate of drug-likeness (QED) is 0.599. The Hall–Kier alpha value is -3.32. The maximum Gasteiger partial charge on any atom is 0.255 e. The summed E-state index contributed by atoms with van der Waals surface area (Å²) in [6, 6.07) is 18.5. The van der Waals surface area contributed by atoms with Crippen LogP contribution in [0.5, 0.6) is 5.75 Å². The number of rotatable bonds is 5. The maximum atomic E-state index is 13.1. The minimum Gasteiger partial charge on any atom is -0.495 e. The molecule has 3 aromatic carbocycles. The van der Waals surface area contributed by atoms with Crippen molar-refractivity contribution in [3.63, 3.8) is 0 Å². The lowest BCUT2D eigenvalue weighted by Gasteiger charge is -2.26. The van der Waals surface area contributed by atoms with Crippen LogP contribution in [0.25, 0.3) is 0 Å². The van der Waals surface area contributed by atoms with Crippen LogP contribution in [-0.2, 0) is 4.79 Å². The highest BCUT2D eigenvalue weighted by Crippen LogP contribution is 2.45. The van der Waals surface area contributed by atoms with E-state index in [2.05, 4.69) is 5.32 Å². The molecule has 0 unspecified atom stereocenters. The summed E-state index contributed by atoms with van der Waals surface area (Å²) < 4.78 is 18.6. The fraction of sp³-hybridized carbons (Fsp3) is 0.167. The molecule has 158 valence electrons. The number of hydrogen-bond donors (Lipinski definition) is 1. The van der Waals surface area contributed by atoms with Crippen LogP contribution < -0.4 is 15.0 Å². The van der Waals surface area contributed by atoms with Crippen molar-refractivity contribution in [2.75, 3.05) is 23.1 Å². The largest absolute Gasteiger partial charge is 0.495 e. The van der Waals surface area contributed by atoms with E-state index in [-0.39, 0.29) is 17.2 Å². The minimum absolute atomic E-state index is 0.000323. The third-order valence-electron chi connectivity index (χ3n) is 5.00. The molecule has 1 heterocycles. The predicted octanol–water partition coefficient (Wildman–Crippen LogP) is 5.17. The minimum atomic E-state index is -0.395. The third kappa shape index (κ3) is 4.41. The summed E-state index contributed by atoms with van der Waals surface area (Å²) in [7, 11) is 1.59. The summed E-state index contributed by atoms with van der Waals surface area (Å²) in [5.41, 5.74) is 3.60. The number of carbonyl (C=O) groups excluding carboxylic acids is 2. The van der Waals surface area contributed by atoms with Gasteiger partial charge in [-0.15, -0.1) is 11.8 Å². The van der Waals surface area contributed by atoms with E-state index >= 15 is 0 Å². The zero-order valence-corrected chi connectivity index (χ0v) is 17.9. The lowest BCUT2D eigenvalue weighted by molar-refractivity contribution is -0.115. The molecule has 1 atom stereocenters. The highest BCUT2D eigenvalue weighted by molar-refractivity contribution is 8.00. The van der Waals surface area contributed by atoms with Crippen LogP contribution in [0.15, 0.2) is 66.7 Å². The molecule has 1 saturated heterocycles. The molecule has 0 aromatic heterocycles. The van der Waals surface area contributed by atoms with E-state index in [1.807, 2.05) is 43.3 Å². The van der Waals surface area contributed by atoms with Crippen LogP contribution in [0.1, 0.15) is 26.9 Å². The second-order valence-corrected chi connectivity index (χ2v) is 8.26. The van der Waals surface area contributed by atoms with E-state index in [4.69, 9.17) is 4.74 Å². The van der Waals surface area contributed by atoms with Crippen LogP contribution in [0.3, 0.4) is 0 Å². The standard InChI is InChI=1S/C24H21FN2O3S/c1-15-6-11-21(30-2)20(12-15)27-22(28)14-31-24(27)17-4-3-5-19(13-17)26-23(29)16-7-9-18(25)10-8-16/h3-13,24H,14H2,1-2H3,(H,26,29)/t24-/m1/s1. The van der Waals surface area contributed by atoms with E-state index < -0.39 is 5.82 Å². The maximum absolute atomic E-state index is 13.1. The first-order valence-corrected chi connectivity index (χ1v) is 10.8. The van der Waals surface area contributed by atoms with Gasteiger partial charge in [0.15, 0.2) is 0 Å². The fourth-order valence-corrected chi connectivity index (χ4v) is 4.65. The molecule has 0 radical (unpaired) electrons. The number of amides is 2. The van der Waals surface area contributed by atoms with Gasteiger partial charge in [0.25, 0.3) is 5.91 Å². The Morgan fingerprint density at radius 3 is 2.65 bits per heavy atom. The smallest absolute Gasteiger partial charge is 0.255 e. The molecule has 7 heteroatoms. The third-order valence-corrected chi connectivity index (χ3v) is 6.21. The molecule has 31 heavy (non-hydrogen) atoms. The number of nitrogens with one attached hydrogen (secondary N) is 1. The lowest BCUT2D eigenvalue weighted by Crippen LogP contribution is -2.28. The highest BCUT2D eigenvalue weighted by atomic mass is 32.2. The number of ether oxygens (including phenoxy) is 1. The number of anilines is 2. The number of nitrogens with zero attached hydrogens (tertiary/aromatic N) is 1. The molecule has 1 fully saturated rings. The first-order valence-electron chi connectivity index (χ1n) is 9.71. The molecule has 4 rings (SSSR count). The lowest BCUT2D eigenvalue weighted by atomic mass is 10.1. The average molecular weight is 437 g/mol. The van der Waals surface area contributed by atoms with E-state index in [0.717, 1.165) is 16.8 Å². The monoisotopic (exact) mass is 436 g/mol. The summed E-state index contributed by atoms with van der Waals surface area (Å²) >= 11 is 1.52. The van der Waals surface area contributed by atoms with Gasteiger partial charge in [-0.25, -0.2) is 4.39 Å². The Morgan fingerprint density at radius 1 is 1.13 bits per heavy atom. The van der Waals surface area contributed by atoms with Crippen molar-refractivity contribution in [1.82, 2.24) is 0 Å². The fourth-order valence-electron chi connectivity index (χ4n) is 3.49. The van der Waals surface area contributed by atoms with Gasteiger partial charge in [-0.2, -0.15) is 0 Å². The van der Waals surface area contributed by atoms with Crippen molar-refractivity contribution in [2.24, 2.45) is 0 Å². The Morgan fingerprint density at radius 2 is 1.90 bits per heavy atom. The van der Waals surface area contributed by atoms with Gasteiger partial charge in [-0.05, 0) is 66.6 Å². The van der Waals surface area contributed by atoms with Crippen molar-refractivity contribution in [3.8, 4) is 5.75 Å². The Labute approximate surface area is 184 Å². The molecule has 3 aromatic rings. The van der Waals surface area contributed by atoms with Gasteiger partial charge in [0.2, 0.25) is 5.91 Å². The summed E-state index contributed by atoms with van der Waals surface area (Å²) in [6.45, 7) is 1.97. The van der Waals surface area contributed by atoms with Gasteiger partial charge in [-0.3, -0.25) is 14.5 Å². The van der Waals surface area contributed by atoms with Gasteiger partial charge in [0, 0.05) is 11.3 Å². The van der Waals surface area contributed by atoms with Crippen LogP contribution in [0.4, 0.5) is 15.8 Å². The molecule has 5 nitrogen and oxygen atoms in total. The Kier molecular flexibility index (Phi) is 5.95. The number of halogens is 1. The van der Waals surface area contributed by atoms with Gasteiger partial charge in [0.05, 0.1) is 18.6 Å². The zero-order chi connectivity index (χ0) is 22.0. The van der Waals surface area contributed by atoms with Gasteiger partial charge < -0.3 is 10.1 Å². The van der Waals surface area contributed by atoms with Crippen LogP contribution in [-0.4, -0.2) is 24.7 Å². The molecule has 0 aliphatic carbocycles. The number of aryl methyl sites for hydroxylation is 1. The topological polar surface area (TPSA) is 58.6 Å². The van der Waals surface area contributed by atoms with Gasteiger partial charge in [-0.1, -0.05) is 18.2 Å². The van der Waals surface area contributed by atoms with Gasteiger partial charge >= 0.3 is 0 Å². The first-order chi connectivity index (χ1) is 15.0. The molecule has 0 bridgehead atoms. The second kappa shape index (κ2) is 8.81. The average Bonchev–Trinajstić information content (AvgIpc) is 3.15. The summed E-state index contributed by atoms with van der Waals surface area (Å²) in [5.74, 6) is 0.262. The molecule has 0 saturated carbocycles. The Bertz CT molecular complexity index is 1130. The summed E-state index contributed by atoms with van der Waals surface area (Å²) in [6.07, 6.45) is 0. The van der Waals surface area contributed by atoms with Crippen LogP contribution in [0, 0.1) is 12.7 Å². The molecule has 0 spiro atoms. The van der Waals surface area contributed by atoms with Crippen molar-refractivity contribution >= 4 is 35.0 Å². The molecule has 1 aliphatic rings. The van der Waals surface area contributed by atoms with Crippen LogP contribution >= 0.6 is 11.8 Å². The summed E-state index contributed by atoms with van der Waals surface area (Å²) in [4.78, 5) is 27.0. The summed E-state index contributed by atoms with van der Waals surface area (Å²) in [5, 5.41) is 2.60. The number of thioether (sulfide) groups is 1. The molecular formula is C24H21FN2O3S. The molecule has 1 N–H and O–H groups in total. The zero-order valence-electron chi connectivity index (χ0n) is 17.1. The number of carbonyl (C=O) groups is 2. The van der Waals surface area contributed by atoms with E-state index in [1.165, 1.54) is 36.0 Å².